The van der Waals surface area contributed by atoms with E-state index >= 15 is 0 Å². The fraction of sp³-hybridized carbons (Fsp3) is 0.0417. The minimum Gasteiger partial charge on any atom is -0.406 e. The molecule has 0 spiro atoms. The quantitative estimate of drug-likeness (QED) is 0.504. The van der Waals surface area contributed by atoms with Gasteiger partial charge in [-0.2, -0.15) is 0 Å². The van der Waals surface area contributed by atoms with Crippen molar-refractivity contribution in [1.82, 2.24) is 4.98 Å². The Kier molecular flexibility index (Phi) is 4.20. The third kappa shape index (κ3) is 3.26. The SMILES string of the molecule is FC(F)(F)Oc1ccc(C(=C2C=[NH+]c3ccccc32)c2c[nH]c3ccccc23)cc1. The molecule has 2 N–H and O–H groups in total. The predicted octanol–water partition coefficient (Wildman–Crippen LogP) is 4.82. The summed E-state index contributed by atoms with van der Waals surface area (Å²) in [6, 6.07) is 21.9. The van der Waals surface area contributed by atoms with Gasteiger partial charge in [0.1, 0.15) is 5.75 Å². The van der Waals surface area contributed by atoms with Crippen molar-refractivity contribution in [3.05, 3.63) is 95.7 Å². The van der Waals surface area contributed by atoms with Crippen molar-refractivity contribution in [1.29, 1.82) is 0 Å². The Morgan fingerprint density at radius 1 is 0.867 bits per heavy atom. The van der Waals surface area contributed by atoms with Gasteiger partial charge in [-0.25, -0.2) is 4.99 Å². The molecule has 6 heteroatoms. The molecule has 30 heavy (non-hydrogen) atoms. The highest BCUT2D eigenvalue weighted by molar-refractivity contribution is 6.24. The molecule has 0 bridgehead atoms. The number of H-pyrrole nitrogens is 1. The van der Waals surface area contributed by atoms with Crippen molar-refractivity contribution in [2.45, 2.75) is 6.36 Å². The van der Waals surface area contributed by atoms with Crippen molar-refractivity contribution < 1.29 is 22.9 Å². The standard InChI is InChI=1S/C24H15F3N2O/c25-24(26,27)30-16-11-9-15(10-12-16)23(19-13-28-21-7-3-1-5-17(19)21)20-14-29-22-8-4-2-6-18(20)22/h1-14,28H/p+1. The number of hydrogen-bond acceptors (Lipinski definition) is 1. The van der Waals surface area contributed by atoms with Gasteiger partial charge in [-0.15, -0.1) is 13.2 Å². The molecule has 1 aliphatic heterocycles. The van der Waals surface area contributed by atoms with Gasteiger partial charge in [0.05, 0.1) is 11.1 Å². The number of benzene rings is 3. The van der Waals surface area contributed by atoms with Crippen LogP contribution in [0.4, 0.5) is 18.9 Å². The molecule has 1 aliphatic rings. The van der Waals surface area contributed by atoms with Gasteiger partial charge in [0.25, 0.3) is 0 Å². The van der Waals surface area contributed by atoms with Gasteiger partial charge in [-0.3, -0.25) is 0 Å². The number of para-hydroxylation sites is 2. The lowest BCUT2D eigenvalue weighted by Gasteiger charge is -2.12. The number of rotatable bonds is 3. The molecule has 3 aromatic carbocycles. The van der Waals surface area contributed by atoms with Crippen LogP contribution in [0.25, 0.3) is 22.0 Å². The lowest BCUT2D eigenvalue weighted by molar-refractivity contribution is -0.342. The first-order valence-corrected chi connectivity index (χ1v) is 9.36. The topological polar surface area (TPSA) is 39.0 Å². The first kappa shape index (κ1) is 18.2. The summed E-state index contributed by atoms with van der Waals surface area (Å²) in [6.07, 6.45) is -0.856. The number of fused-ring (bicyclic) bond motifs is 2. The number of alkyl halides is 3. The second kappa shape index (κ2) is 6.91. The smallest absolute Gasteiger partial charge is 0.406 e. The van der Waals surface area contributed by atoms with E-state index in [-0.39, 0.29) is 5.75 Å². The maximum atomic E-state index is 12.6. The van der Waals surface area contributed by atoms with Gasteiger partial charge in [0.15, 0.2) is 6.21 Å². The zero-order valence-electron chi connectivity index (χ0n) is 15.6. The first-order chi connectivity index (χ1) is 14.5. The Bertz CT molecular complexity index is 1300. The van der Waals surface area contributed by atoms with Crippen molar-refractivity contribution in [2.75, 3.05) is 0 Å². The van der Waals surface area contributed by atoms with Crippen molar-refractivity contribution in [3.8, 4) is 5.75 Å². The molecule has 5 rings (SSSR count). The van der Waals surface area contributed by atoms with Gasteiger partial charge in [-0.1, -0.05) is 42.5 Å². The van der Waals surface area contributed by atoms with Crippen molar-refractivity contribution in [2.24, 2.45) is 0 Å². The fourth-order valence-corrected chi connectivity index (χ4v) is 3.84. The molecule has 0 saturated carbocycles. The van der Waals surface area contributed by atoms with Crippen LogP contribution in [-0.4, -0.2) is 17.6 Å². The minimum absolute atomic E-state index is 0.247. The van der Waals surface area contributed by atoms with Crippen LogP contribution in [0.3, 0.4) is 0 Å². The van der Waals surface area contributed by atoms with Gasteiger partial charge in [0, 0.05) is 34.3 Å². The average molecular weight is 405 g/mol. The highest BCUT2D eigenvalue weighted by atomic mass is 19.4. The number of ether oxygens (including phenoxy) is 1. The molecule has 3 nitrogen and oxygen atoms in total. The summed E-state index contributed by atoms with van der Waals surface area (Å²) in [5.74, 6) is -0.247. The van der Waals surface area contributed by atoms with Gasteiger partial charge in [-0.05, 0) is 29.8 Å². The molecule has 4 aromatic rings. The van der Waals surface area contributed by atoms with Gasteiger partial charge < -0.3 is 9.72 Å². The van der Waals surface area contributed by atoms with Crippen molar-refractivity contribution >= 4 is 34.0 Å². The Morgan fingerprint density at radius 2 is 1.60 bits per heavy atom. The maximum Gasteiger partial charge on any atom is 0.573 e. The average Bonchev–Trinajstić information content (AvgIpc) is 3.34. The largest absolute Gasteiger partial charge is 0.573 e. The Morgan fingerprint density at radius 3 is 2.40 bits per heavy atom. The summed E-state index contributed by atoms with van der Waals surface area (Å²) in [5, 5.41) is 1.04. The van der Waals surface area contributed by atoms with E-state index in [4.69, 9.17) is 0 Å². The first-order valence-electron chi connectivity index (χ1n) is 9.36. The molecule has 0 aliphatic carbocycles. The van der Waals surface area contributed by atoms with Gasteiger partial charge >= 0.3 is 6.36 Å². The van der Waals surface area contributed by atoms with Gasteiger partial charge in [0.2, 0.25) is 5.69 Å². The fourth-order valence-electron chi connectivity index (χ4n) is 3.84. The van der Waals surface area contributed by atoms with E-state index < -0.39 is 6.36 Å². The van der Waals surface area contributed by atoms with E-state index in [9.17, 15) is 13.2 Å². The lowest BCUT2D eigenvalue weighted by Crippen LogP contribution is -2.58. The van der Waals surface area contributed by atoms with E-state index in [0.29, 0.717) is 0 Å². The van der Waals surface area contributed by atoms with Crippen molar-refractivity contribution in [3.63, 3.8) is 0 Å². The van der Waals surface area contributed by atoms with E-state index in [1.807, 2.05) is 60.9 Å². The molecule has 0 unspecified atom stereocenters. The summed E-state index contributed by atoms with van der Waals surface area (Å²) in [7, 11) is 0. The van der Waals surface area contributed by atoms with Crippen LogP contribution in [-0.2, 0) is 0 Å². The number of nitrogens with one attached hydrogen (secondary N) is 2. The summed E-state index contributed by atoms with van der Waals surface area (Å²) in [5.41, 5.74) is 6.67. The van der Waals surface area contributed by atoms with Crippen LogP contribution >= 0.6 is 0 Å². The summed E-state index contributed by atoms with van der Waals surface area (Å²) in [6.45, 7) is 0. The van der Waals surface area contributed by atoms with E-state index in [2.05, 4.69) is 14.7 Å². The summed E-state index contributed by atoms with van der Waals surface area (Å²) in [4.78, 5) is 6.57. The second-order valence-electron chi connectivity index (χ2n) is 6.94. The van der Waals surface area contributed by atoms with Crippen LogP contribution in [0, 0.1) is 0 Å². The summed E-state index contributed by atoms with van der Waals surface area (Å²) >= 11 is 0. The molecule has 148 valence electrons. The Hall–Kier alpha value is -3.80. The van der Waals surface area contributed by atoms with E-state index in [1.165, 1.54) is 12.1 Å². The minimum atomic E-state index is -4.72. The van der Waals surface area contributed by atoms with Crippen LogP contribution in [0.5, 0.6) is 5.75 Å². The third-order valence-electron chi connectivity index (χ3n) is 5.09. The van der Waals surface area contributed by atoms with Crippen LogP contribution < -0.4 is 9.73 Å². The Balaban J connectivity index is 1.71. The molecule has 2 heterocycles. The van der Waals surface area contributed by atoms with Crippen LogP contribution in [0.2, 0.25) is 0 Å². The number of halogens is 3. The predicted molar refractivity (Wildman–Crippen MR) is 110 cm³/mol. The van der Waals surface area contributed by atoms with E-state index in [1.54, 1.807) is 12.1 Å². The maximum absolute atomic E-state index is 12.6. The molecule has 0 amide bonds. The molecule has 1 aromatic heterocycles. The third-order valence-corrected chi connectivity index (χ3v) is 5.09. The number of allylic oxidation sites excluding steroid dienone is 1. The van der Waals surface area contributed by atoms with Crippen LogP contribution in [0.15, 0.2) is 79.0 Å². The number of aromatic nitrogens is 1. The second-order valence-corrected chi connectivity index (χ2v) is 6.94. The summed E-state index contributed by atoms with van der Waals surface area (Å²) < 4.78 is 41.7. The molecular formula is C24H16F3N2O+. The highest BCUT2D eigenvalue weighted by Gasteiger charge is 2.31. The van der Waals surface area contributed by atoms with E-state index in [0.717, 1.165) is 44.4 Å². The lowest BCUT2D eigenvalue weighted by atomic mass is 9.90. The van der Waals surface area contributed by atoms with Crippen LogP contribution in [0.1, 0.15) is 16.7 Å². The molecule has 0 saturated heterocycles. The Labute approximate surface area is 170 Å². The molecular weight excluding hydrogens is 389 g/mol. The molecule has 0 radical (unpaired) electrons. The molecule has 0 atom stereocenters. The monoisotopic (exact) mass is 405 g/mol. The number of aromatic amines is 1. The number of hydrogen-bond donors (Lipinski definition) is 2. The zero-order chi connectivity index (χ0) is 20.7. The molecule has 0 fully saturated rings. The normalized spacial score (nSPS) is 14.8. The highest BCUT2D eigenvalue weighted by Crippen LogP contribution is 2.38. The zero-order valence-corrected chi connectivity index (χ0v) is 15.6.